The Morgan fingerprint density at radius 2 is 1.32 bits per heavy atom. The van der Waals surface area contributed by atoms with E-state index in [4.69, 9.17) is 19.3 Å². The second kappa shape index (κ2) is 13.9. The summed E-state index contributed by atoms with van der Waals surface area (Å²) < 4.78 is 10.8. The third kappa shape index (κ3) is 7.34. The molecule has 0 bridgehead atoms. The average Bonchev–Trinajstić information content (AvgIpc) is 3.48. The van der Waals surface area contributed by atoms with Crippen LogP contribution in [0, 0.1) is 0 Å². The van der Waals surface area contributed by atoms with Gasteiger partial charge in [0.25, 0.3) is 0 Å². The number of oxime groups is 1. The molecule has 9 heteroatoms. The van der Waals surface area contributed by atoms with E-state index >= 15 is 0 Å². The molecular formula is C35H39N3O5S. The van der Waals surface area contributed by atoms with Crippen LogP contribution < -0.4 is 5.32 Å². The predicted molar refractivity (Wildman–Crippen MR) is 174 cm³/mol. The van der Waals surface area contributed by atoms with Crippen LogP contribution >= 0.6 is 11.3 Å². The van der Waals surface area contributed by atoms with Crippen LogP contribution in [0.15, 0.2) is 102 Å². The molecule has 0 radical (unpaired) electrons. The maximum absolute atomic E-state index is 13.1. The van der Waals surface area contributed by atoms with Gasteiger partial charge in [0.2, 0.25) is 11.3 Å². The monoisotopic (exact) mass is 613 g/mol. The molecule has 1 aromatic heterocycles. The number of nitrogens with one attached hydrogen (secondary N) is 1. The highest BCUT2D eigenvalue weighted by molar-refractivity contribution is 7.14. The number of hydrogen-bond donors (Lipinski definition) is 1. The summed E-state index contributed by atoms with van der Waals surface area (Å²) in [5.41, 5.74) is 0.168. The van der Waals surface area contributed by atoms with Crippen molar-refractivity contribution >= 4 is 34.1 Å². The van der Waals surface area contributed by atoms with Gasteiger partial charge in [-0.05, 0) is 57.7 Å². The molecule has 0 aliphatic heterocycles. The molecule has 0 saturated heterocycles. The summed E-state index contributed by atoms with van der Waals surface area (Å²) in [6.45, 7) is 10.5. The lowest BCUT2D eigenvalue weighted by Gasteiger charge is -2.36. The van der Waals surface area contributed by atoms with Gasteiger partial charge in [-0.25, -0.2) is 14.6 Å². The van der Waals surface area contributed by atoms with Crippen molar-refractivity contribution in [3.8, 4) is 0 Å². The van der Waals surface area contributed by atoms with Crippen molar-refractivity contribution in [2.45, 2.75) is 64.7 Å². The first-order valence-electron chi connectivity index (χ1n) is 14.6. The fourth-order valence-electron chi connectivity index (χ4n) is 4.55. The van der Waals surface area contributed by atoms with Gasteiger partial charge in [-0.15, -0.1) is 11.3 Å². The molecule has 230 valence electrons. The van der Waals surface area contributed by atoms with Crippen LogP contribution in [0.2, 0.25) is 0 Å². The topological polar surface area (TPSA) is 99.1 Å². The summed E-state index contributed by atoms with van der Waals surface area (Å²) in [4.78, 5) is 36.6. The molecule has 8 nitrogen and oxygen atoms in total. The average molecular weight is 614 g/mol. The Hall–Kier alpha value is -4.50. The predicted octanol–water partition coefficient (Wildman–Crippen LogP) is 7.34. The van der Waals surface area contributed by atoms with Gasteiger partial charge in [0.1, 0.15) is 16.8 Å². The summed E-state index contributed by atoms with van der Waals surface area (Å²) in [6, 6.07) is 30.4. The van der Waals surface area contributed by atoms with Crippen LogP contribution in [-0.2, 0) is 29.4 Å². The van der Waals surface area contributed by atoms with E-state index in [1.54, 1.807) is 46.9 Å². The number of benzene rings is 3. The van der Waals surface area contributed by atoms with Crippen LogP contribution in [0.4, 0.5) is 5.13 Å². The van der Waals surface area contributed by atoms with Crippen LogP contribution in [0.5, 0.6) is 0 Å². The molecule has 1 atom stereocenters. The molecular weight excluding hydrogens is 574 g/mol. The summed E-state index contributed by atoms with van der Waals surface area (Å²) in [5, 5.41) is 10.1. The van der Waals surface area contributed by atoms with Crippen molar-refractivity contribution in [1.82, 2.24) is 4.98 Å². The Morgan fingerprint density at radius 1 is 0.818 bits per heavy atom. The number of nitrogens with zero attached hydrogens (tertiary/aromatic N) is 2. The zero-order chi connectivity index (χ0) is 31.8. The van der Waals surface area contributed by atoms with Crippen molar-refractivity contribution in [1.29, 1.82) is 0 Å². The molecule has 1 heterocycles. The number of rotatable bonds is 12. The van der Waals surface area contributed by atoms with Crippen LogP contribution in [-0.4, -0.2) is 40.4 Å². The molecule has 1 N–H and O–H groups in total. The van der Waals surface area contributed by atoms with Crippen molar-refractivity contribution in [3.63, 3.8) is 0 Å². The minimum atomic E-state index is -1.43. The van der Waals surface area contributed by atoms with E-state index in [0.717, 1.165) is 16.7 Å². The van der Waals surface area contributed by atoms with Gasteiger partial charge in [0.05, 0.1) is 6.61 Å². The number of thiazole rings is 1. The molecule has 3 aromatic carbocycles. The lowest BCUT2D eigenvalue weighted by atomic mass is 9.77. The minimum Gasteiger partial charge on any atom is -0.461 e. The number of ether oxygens (including phenoxy) is 2. The zero-order valence-corrected chi connectivity index (χ0v) is 26.8. The number of anilines is 1. The molecule has 0 amide bonds. The Bertz CT molecular complexity index is 1470. The second-order valence-electron chi connectivity index (χ2n) is 11.3. The molecule has 4 rings (SSSR count). The molecule has 0 aliphatic carbocycles. The normalized spacial score (nSPS) is 13.5. The van der Waals surface area contributed by atoms with Gasteiger partial charge >= 0.3 is 11.9 Å². The summed E-state index contributed by atoms with van der Waals surface area (Å²) in [7, 11) is 0. The molecule has 44 heavy (non-hydrogen) atoms. The fraction of sp³-hybridized carbons (Fsp3) is 0.314. The van der Waals surface area contributed by atoms with Gasteiger partial charge in [-0.2, -0.15) is 0 Å². The van der Waals surface area contributed by atoms with E-state index in [1.165, 1.54) is 11.3 Å². The summed E-state index contributed by atoms with van der Waals surface area (Å²) in [5.74, 6) is -1.30. The Kier molecular flexibility index (Phi) is 10.2. The van der Waals surface area contributed by atoms with E-state index < -0.39 is 28.7 Å². The van der Waals surface area contributed by atoms with Crippen LogP contribution in [0.1, 0.15) is 70.3 Å². The Balaban J connectivity index is 1.78. The first kappa shape index (κ1) is 32.4. The van der Waals surface area contributed by atoms with Crippen molar-refractivity contribution in [2.75, 3.05) is 11.9 Å². The molecule has 0 spiro atoms. The third-order valence-electron chi connectivity index (χ3n) is 6.97. The summed E-state index contributed by atoms with van der Waals surface area (Å²) >= 11 is 1.32. The highest BCUT2D eigenvalue weighted by atomic mass is 32.1. The number of hydrogen-bond acceptors (Lipinski definition) is 9. The zero-order valence-electron chi connectivity index (χ0n) is 26.0. The number of carbonyl (C=O) groups is 2. The maximum Gasteiger partial charge on any atom is 0.362 e. The second-order valence-corrected chi connectivity index (χ2v) is 12.2. The van der Waals surface area contributed by atoms with E-state index in [0.29, 0.717) is 5.13 Å². The van der Waals surface area contributed by atoms with Crippen molar-refractivity contribution in [3.05, 3.63) is 119 Å². The van der Waals surface area contributed by atoms with Gasteiger partial charge in [0, 0.05) is 5.38 Å². The fourth-order valence-corrected chi connectivity index (χ4v) is 5.30. The first-order valence-corrected chi connectivity index (χ1v) is 15.5. The Labute approximate surface area is 263 Å². The number of carbonyl (C=O) groups excluding carboxylic acids is 2. The van der Waals surface area contributed by atoms with Gasteiger partial charge in [-0.1, -0.05) is 103 Å². The van der Waals surface area contributed by atoms with Gasteiger partial charge in [-0.3, -0.25) is 0 Å². The molecule has 0 saturated carbocycles. The van der Waals surface area contributed by atoms with E-state index in [-0.39, 0.29) is 24.4 Å². The molecule has 0 fully saturated rings. The first-order chi connectivity index (χ1) is 21.0. The van der Waals surface area contributed by atoms with Crippen molar-refractivity contribution < 1.29 is 23.9 Å². The van der Waals surface area contributed by atoms with Crippen molar-refractivity contribution in [2.24, 2.45) is 5.16 Å². The highest BCUT2D eigenvalue weighted by Gasteiger charge is 2.40. The maximum atomic E-state index is 13.1. The quantitative estimate of drug-likeness (QED) is 0.0772. The van der Waals surface area contributed by atoms with E-state index in [2.05, 4.69) is 46.9 Å². The highest BCUT2D eigenvalue weighted by Crippen LogP contribution is 2.40. The smallest absolute Gasteiger partial charge is 0.362 e. The van der Waals surface area contributed by atoms with E-state index in [9.17, 15) is 9.59 Å². The van der Waals surface area contributed by atoms with Crippen LogP contribution in [0.25, 0.3) is 0 Å². The molecule has 0 aliphatic rings. The summed E-state index contributed by atoms with van der Waals surface area (Å²) in [6.07, 6.45) is 0.263. The Morgan fingerprint density at radius 3 is 1.75 bits per heavy atom. The standard InChI is InChI=1S/C35H39N3O5S/c1-7-34(6,31(40)42-33(3,4)5)43-38-29(30(39)41-8-2)28-24-44-32(36-28)37-35(25-18-12-9-13-19-25,26-20-14-10-15-21-26)27-22-16-11-17-23-27/h9-24H,7-8H2,1-6H3,(H,36,37)/b38-29-. The van der Waals surface area contributed by atoms with Gasteiger partial charge in [0.15, 0.2) is 5.13 Å². The van der Waals surface area contributed by atoms with Crippen LogP contribution in [0.3, 0.4) is 0 Å². The van der Waals surface area contributed by atoms with E-state index in [1.807, 2.05) is 54.6 Å². The molecule has 1 unspecified atom stereocenters. The lowest BCUT2D eigenvalue weighted by Crippen LogP contribution is -2.42. The number of aromatic nitrogens is 1. The molecule has 4 aromatic rings. The number of esters is 2. The SMILES string of the molecule is CCOC(=O)/C(=N\OC(C)(CC)C(=O)OC(C)(C)C)c1csc(NC(c2ccccc2)(c2ccccc2)c2ccccc2)n1. The largest absolute Gasteiger partial charge is 0.461 e. The third-order valence-corrected chi connectivity index (χ3v) is 7.73. The minimum absolute atomic E-state index is 0.128. The van der Waals surface area contributed by atoms with Gasteiger partial charge < -0.3 is 19.6 Å². The lowest BCUT2D eigenvalue weighted by molar-refractivity contribution is -0.182.